The maximum atomic E-state index is 12.0. The van der Waals surface area contributed by atoms with Crippen LogP contribution in [-0.4, -0.2) is 18.5 Å². The van der Waals surface area contributed by atoms with Gasteiger partial charge in [-0.3, -0.25) is 4.79 Å². The van der Waals surface area contributed by atoms with Crippen LogP contribution in [0.15, 0.2) is 28.7 Å². The zero-order valence-electron chi connectivity index (χ0n) is 12.2. The van der Waals surface area contributed by atoms with Crippen LogP contribution in [0.4, 0.5) is 5.69 Å². The fraction of sp³-hybridized carbons (Fsp3) is 0.562. The van der Waals surface area contributed by atoms with Crippen molar-refractivity contribution in [1.82, 2.24) is 5.32 Å². The highest BCUT2D eigenvalue weighted by Crippen LogP contribution is 2.29. The van der Waals surface area contributed by atoms with Gasteiger partial charge in [0.05, 0.1) is 12.2 Å². The van der Waals surface area contributed by atoms with Crippen LogP contribution in [0, 0.1) is 11.8 Å². The maximum absolute atomic E-state index is 12.0. The van der Waals surface area contributed by atoms with Crippen molar-refractivity contribution in [2.24, 2.45) is 11.8 Å². The third-order valence-corrected chi connectivity index (χ3v) is 4.99. The first kappa shape index (κ1) is 15.5. The number of nitrogens with one attached hydrogen (secondary N) is 2. The summed E-state index contributed by atoms with van der Waals surface area (Å²) in [6, 6.07) is 8.14. The largest absolute Gasteiger partial charge is 0.324 e. The molecule has 3 nitrogen and oxygen atoms in total. The van der Waals surface area contributed by atoms with Gasteiger partial charge in [0.25, 0.3) is 0 Å². The topological polar surface area (TPSA) is 41.1 Å². The van der Waals surface area contributed by atoms with Gasteiger partial charge in [0, 0.05) is 10.5 Å². The van der Waals surface area contributed by atoms with Crippen LogP contribution in [0.5, 0.6) is 0 Å². The lowest BCUT2D eigenvalue weighted by molar-refractivity contribution is -0.115. The fourth-order valence-corrected chi connectivity index (χ4v) is 3.11. The molecule has 1 aliphatic rings. The molecule has 1 aliphatic carbocycles. The van der Waals surface area contributed by atoms with E-state index in [-0.39, 0.29) is 5.91 Å². The minimum Gasteiger partial charge on any atom is -0.324 e. The van der Waals surface area contributed by atoms with Crippen molar-refractivity contribution >= 4 is 27.5 Å². The van der Waals surface area contributed by atoms with E-state index in [2.05, 4.69) is 40.4 Å². The summed E-state index contributed by atoms with van der Waals surface area (Å²) in [5.74, 6) is 1.57. The van der Waals surface area contributed by atoms with E-state index >= 15 is 0 Å². The minimum absolute atomic E-state index is 0.0168. The van der Waals surface area contributed by atoms with Crippen LogP contribution in [0.2, 0.25) is 0 Å². The molecule has 2 rings (SSSR count). The number of para-hydroxylation sites is 1. The molecule has 20 heavy (non-hydrogen) atoms. The molecule has 1 saturated carbocycles. The Balaban J connectivity index is 1.77. The van der Waals surface area contributed by atoms with Crippen molar-refractivity contribution in [3.63, 3.8) is 0 Å². The van der Waals surface area contributed by atoms with Crippen LogP contribution in [-0.2, 0) is 4.79 Å². The molecule has 0 aliphatic heterocycles. The normalized spacial score (nSPS) is 26.2. The summed E-state index contributed by atoms with van der Waals surface area (Å²) in [4.78, 5) is 12.0. The molecule has 1 aromatic carbocycles. The standard InChI is InChI=1S/C16H23BrN2O/c1-11-7-8-13(9-12(11)2)18-10-16(20)19-15-6-4-3-5-14(15)17/h3-6,11-13,18H,7-10H2,1-2H3,(H,19,20). The summed E-state index contributed by atoms with van der Waals surface area (Å²) >= 11 is 3.43. The van der Waals surface area contributed by atoms with Gasteiger partial charge in [0.1, 0.15) is 0 Å². The van der Waals surface area contributed by atoms with Gasteiger partial charge in [-0.15, -0.1) is 0 Å². The Hall–Kier alpha value is -0.870. The Morgan fingerprint density at radius 2 is 2.00 bits per heavy atom. The van der Waals surface area contributed by atoms with E-state index in [0.29, 0.717) is 12.6 Å². The third kappa shape index (κ3) is 4.32. The highest BCUT2D eigenvalue weighted by atomic mass is 79.9. The zero-order valence-corrected chi connectivity index (χ0v) is 13.7. The first-order valence-electron chi connectivity index (χ1n) is 7.34. The lowest BCUT2D eigenvalue weighted by Gasteiger charge is -2.32. The highest BCUT2D eigenvalue weighted by molar-refractivity contribution is 9.10. The van der Waals surface area contributed by atoms with Crippen LogP contribution in [0.1, 0.15) is 33.1 Å². The third-order valence-electron chi connectivity index (χ3n) is 4.30. The van der Waals surface area contributed by atoms with Crippen molar-refractivity contribution in [3.8, 4) is 0 Å². The second kappa shape index (κ2) is 7.23. The second-order valence-electron chi connectivity index (χ2n) is 5.87. The molecule has 1 aromatic rings. The summed E-state index contributed by atoms with van der Waals surface area (Å²) < 4.78 is 0.911. The number of carbonyl (C=O) groups is 1. The molecule has 2 N–H and O–H groups in total. The monoisotopic (exact) mass is 338 g/mol. The molecule has 0 saturated heterocycles. The number of halogens is 1. The smallest absolute Gasteiger partial charge is 0.238 e. The fourth-order valence-electron chi connectivity index (χ4n) is 2.73. The lowest BCUT2D eigenvalue weighted by Crippen LogP contribution is -2.40. The van der Waals surface area contributed by atoms with E-state index in [1.165, 1.54) is 19.3 Å². The van der Waals surface area contributed by atoms with Gasteiger partial charge in [0.2, 0.25) is 5.91 Å². The predicted molar refractivity (Wildman–Crippen MR) is 86.7 cm³/mol. The number of benzene rings is 1. The Labute approximate surface area is 129 Å². The molecule has 3 unspecified atom stereocenters. The molecule has 0 bridgehead atoms. The van der Waals surface area contributed by atoms with Crippen molar-refractivity contribution in [3.05, 3.63) is 28.7 Å². The zero-order chi connectivity index (χ0) is 14.5. The summed E-state index contributed by atoms with van der Waals surface area (Å²) in [6.07, 6.45) is 3.60. The second-order valence-corrected chi connectivity index (χ2v) is 6.73. The van der Waals surface area contributed by atoms with Crippen molar-refractivity contribution in [1.29, 1.82) is 0 Å². The number of amides is 1. The van der Waals surface area contributed by atoms with Gasteiger partial charge in [-0.05, 0) is 59.2 Å². The first-order chi connectivity index (χ1) is 9.56. The van der Waals surface area contributed by atoms with E-state index in [1.54, 1.807) is 0 Å². The van der Waals surface area contributed by atoms with E-state index in [9.17, 15) is 4.79 Å². The molecule has 0 heterocycles. The van der Waals surface area contributed by atoms with Crippen LogP contribution >= 0.6 is 15.9 Å². The highest BCUT2D eigenvalue weighted by Gasteiger charge is 2.24. The quantitative estimate of drug-likeness (QED) is 0.876. The molecule has 1 fully saturated rings. The molecular weight excluding hydrogens is 316 g/mol. The van der Waals surface area contributed by atoms with Crippen molar-refractivity contribution in [2.75, 3.05) is 11.9 Å². The number of rotatable bonds is 4. The molecule has 110 valence electrons. The van der Waals surface area contributed by atoms with E-state index in [4.69, 9.17) is 0 Å². The van der Waals surface area contributed by atoms with Gasteiger partial charge in [0.15, 0.2) is 0 Å². The van der Waals surface area contributed by atoms with Crippen molar-refractivity contribution in [2.45, 2.75) is 39.2 Å². The molecule has 0 aromatic heterocycles. The number of anilines is 1. The van der Waals surface area contributed by atoms with Crippen LogP contribution in [0.25, 0.3) is 0 Å². The molecule has 0 radical (unpaired) electrons. The predicted octanol–water partition coefficient (Wildman–Crippen LogP) is 3.80. The van der Waals surface area contributed by atoms with Crippen molar-refractivity contribution < 1.29 is 4.79 Å². The Bertz CT molecular complexity index is 464. The van der Waals surface area contributed by atoms with Gasteiger partial charge in [-0.2, -0.15) is 0 Å². The molecule has 4 heteroatoms. The first-order valence-corrected chi connectivity index (χ1v) is 8.13. The average Bonchev–Trinajstić information content (AvgIpc) is 2.43. The molecule has 3 atom stereocenters. The number of hydrogen-bond donors (Lipinski definition) is 2. The van der Waals surface area contributed by atoms with E-state index in [0.717, 1.165) is 22.0 Å². The summed E-state index contributed by atoms with van der Waals surface area (Å²) in [5, 5.41) is 6.31. The van der Waals surface area contributed by atoms with E-state index < -0.39 is 0 Å². The lowest BCUT2D eigenvalue weighted by atomic mass is 9.79. The maximum Gasteiger partial charge on any atom is 0.238 e. The van der Waals surface area contributed by atoms with E-state index in [1.807, 2.05) is 24.3 Å². The molecule has 1 amide bonds. The van der Waals surface area contributed by atoms with Gasteiger partial charge < -0.3 is 10.6 Å². The van der Waals surface area contributed by atoms with Crippen LogP contribution in [0.3, 0.4) is 0 Å². The average molecular weight is 339 g/mol. The summed E-state index contributed by atoms with van der Waals surface area (Å²) in [7, 11) is 0. The van der Waals surface area contributed by atoms with Crippen LogP contribution < -0.4 is 10.6 Å². The van der Waals surface area contributed by atoms with Gasteiger partial charge in [-0.25, -0.2) is 0 Å². The SMILES string of the molecule is CC1CCC(NCC(=O)Nc2ccccc2Br)CC1C. The van der Waals surface area contributed by atoms with Gasteiger partial charge >= 0.3 is 0 Å². The summed E-state index contributed by atoms with van der Waals surface area (Å²) in [6.45, 7) is 5.01. The Kier molecular flexibility index (Phi) is 5.61. The minimum atomic E-state index is 0.0168. The molecule has 0 spiro atoms. The Morgan fingerprint density at radius 3 is 2.70 bits per heavy atom. The Morgan fingerprint density at radius 1 is 1.25 bits per heavy atom. The van der Waals surface area contributed by atoms with Gasteiger partial charge in [-0.1, -0.05) is 26.0 Å². The number of carbonyl (C=O) groups excluding carboxylic acids is 1. The number of hydrogen-bond acceptors (Lipinski definition) is 2. The summed E-state index contributed by atoms with van der Waals surface area (Å²) in [5.41, 5.74) is 0.824. The molecular formula is C16H23BrN2O.